The second kappa shape index (κ2) is 4.24. The van der Waals surface area contributed by atoms with E-state index in [0.29, 0.717) is 23.6 Å². The monoisotopic (exact) mass is 266 g/mol. The summed E-state index contributed by atoms with van der Waals surface area (Å²) in [5, 5.41) is 8.67. The fourth-order valence-electron chi connectivity index (χ4n) is 2.54. The summed E-state index contributed by atoms with van der Waals surface area (Å²) in [6, 6.07) is 7.33. The number of para-hydroxylation sites is 1. The van der Waals surface area contributed by atoms with Gasteiger partial charge in [-0.3, -0.25) is 0 Å². The van der Waals surface area contributed by atoms with Crippen LogP contribution in [0.25, 0.3) is 0 Å². The molecule has 1 aromatic rings. The summed E-state index contributed by atoms with van der Waals surface area (Å²) >= 11 is 0. The fraction of sp³-hybridized carbons (Fsp3) is 0.538. The number of primary sulfonamides is 1. The van der Waals surface area contributed by atoms with E-state index < -0.39 is 10.0 Å². The Bertz CT molecular complexity index is 536. The molecule has 5 heteroatoms. The lowest BCUT2D eigenvalue weighted by atomic mass is 10.1. The quantitative estimate of drug-likeness (QED) is 0.855. The highest BCUT2D eigenvalue weighted by atomic mass is 32.2. The van der Waals surface area contributed by atoms with Crippen LogP contribution in [0.1, 0.15) is 25.7 Å². The lowest BCUT2D eigenvalue weighted by Gasteiger charge is -2.20. The Labute approximate surface area is 108 Å². The van der Waals surface area contributed by atoms with Crippen LogP contribution in [0, 0.1) is 11.8 Å². The molecule has 4 nitrogen and oxygen atoms in total. The van der Waals surface area contributed by atoms with E-state index in [9.17, 15) is 8.42 Å². The third-order valence-corrected chi connectivity index (χ3v) is 4.74. The first-order valence-electron chi connectivity index (χ1n) is 6.44. The smallest absolute Gasteiger partial charge is 0.240 e. The van der Waals surface area contributed by atoms with Gasteiger partial charge in [0.15, 0.2) is 0 Å². The zero-order valence-corrected chi connectivity index (χ0v) is 11.0. The van der Waals surface area contributed by atoms with Gasteiger partial charge in [-0.1, -0.05) is 12.1 Å². The molecule has 0 amide bonds. The number of nitrogens with one attached hydrogen (secondary N) is 1. The maximum atomic E-state index is 11.5. The lowest BCUT2D eigenvalue weighted by molar-refractivity contribution is 0.565. The summed E-state index contributed by atoms with van der Waals surface area (Å²) in [7, 11) is -3.65. The van der Waals surface area contributed by atoms with Crippen LogP contribution in [0.3, 0.4) is 0 Å². The Kier molecular flexibility index (Phi) is 2.83. The van der Waals surface area contributed by atoms with Crippen LogP contribution in [-0.4, -0.2) is 14.5 Å². The van der Waals surface area contributed by atoms with Crippen LogP contribution >= 0.6 is 0 Å². The highest BCUT2D eigenvalue weighted by molar-refractivity contribution is 7.89. The Balaban J connectivity index is 1.87. The third kappa shape index (κ3) is 2.52. The predicted octanol–water partition coefficient (Wildman–Crippen LogP) is 1.93. The number of nitrogens with two attached hydrogens (primary N) is 1. The number of benzene rings is 1. The highest BCUT2D eigenvalue weighted by Gasteiger charge is 2.41. The molecule has 3 rings (SSSR count). The molecule has 2 saturated carbocycles. The van der Waals surface area contributed by atoms with E-state index in [1.807, 2.05) is 6.07 Å². The van der Waals surface area contributed by atoms with Crippen LogP contribution in [-0.2, 0) is 10.0 Å². The Hall–Kier alpha value is -1.07. The third-order valence-electron chi connectivity index (χ3n) is 3.78. The van der Waals surface area contributed by atoms with E-state index in [1.54, 1.807) is 18.2 Å². The van der Waals surface area contributed by atoms with Crippen molar-refractivity contribution >= 4 is 15.7 Å². The van der Waals surface area contributed by atoms with Crippen molar-refractivity contribution in [1.82, 2.24) is 0 Å². The van der Waals surface area contributed by atoms with Crippen LogP contribution in [0.5, 0.6) is 0 Å². The van der Waals surface area contributed by atoms with Crippen molar-refractivity contribution in [1.29, 1.82) is 0 Å². The molecule has 0 aliphatic heterocycles. The van der Waals surface area contributed by atoms with E-state index in [4.69, 9.17) is 5.14 Å². The molecule has 0 saturated heterocycles. The van der Waals surface area contributed by atoms with Gasteiger partial charge in [0.2, 0.25) is 10.0 Å². The van der Waals surface area contributed by atoms with Gasteiger partial charge in [-0.2, -0.15) is 0 Å². The molecular weight excluding hydrogens is 248 g/mol. The minimum absolute atomic E-state index is 0.205. The maximum absolute atomic E-state index is 11.5. The number of hydrogen-bond acceptors (Lipinski definition) is 3. The Morgan fingerprint density at radius 3 is 2.17 bits per heavy atom. The SMILES string of the molecule is NS(=O)(=O)c1ccccc1NC(C1CC1)C1CC1. The molecule has 2 aliphatic carbocycles. The molecule has 2 aliphatic rings. The summed E-state index contributed by atoms with van der Waals surface area (Å²) in [5.74, 6) is 1.43. The van der Waals surface area contributed by atoms with Gasteiger partial charge in [0, 0.05) is 6.04 Å². The molecule has 0 spiro atoms. The molecule has 3 N–H and O–H groups in total. The van der Waals surface area contributed by atoms with Crippen molar-refractivity contribution in [3.8, 4) is 0 Å². The molecule has 18 heavy (non-hydrogen) atoms. The van der Waals surface area contributed by atoms with Crippen molar-refractivity contribution in [2.45, 2.75) is 36.6 Å². The van der Waals surface area contributed by atoms with Gasteiger partial charge >= 0.3 is 0 Å². The van der Waals surface area contributed by atoms with Gasteiger partial charge in [0.05, 0.1) is 5.69 Å². The standard InChI is InChI=1S/C13H18N2O2S/c14-18(16,17)12-4-2-1-3-11(12)15-13(9-5-6-9)10-7-8-10/h1-4,9-10,13,15H,5-8H2,(H2,14,16,17). The first-order chi connectivity index (χ1) is 8.55. The van der Waals surface area contributed by atoms with Gasteiger partial charge in [0.25, 0.3) is 0 Å². The van der Waals surface area contributed by atoms with Crippen molar-refractivity contribution in [2.75, 3.05) is 5.32 Å². The number of rotatable bonds is 5. The van der Waals surface area contributed by atoms with E-state index >= 15 is 0 Å². The van der Waals surface area contributed by atoms with Gasteiger partial charge < -0.3 is 5.32 Å². The van der Waals surface area contributed by atoms with E-state index in [1.165, 1.54) is 25.7 Å². The number of anilines is 1. The van der Waals surface area contributed by atoms with Gasteiger partial charge in [-0.15, -0.1) is 0 Å². The fourth-order valence-corrected chi connectivity index (χ4v) is 3.25. The van der Waals surface area contributed by atoms with Crippen molar-refractivity contribution in [2.24, 2.45) is 17.0 Å². The summed E-state index contributed by atoms with van der Waals surface area (Å²) in [6.07, 6.45) is 5.02. The predicted molar refractivity (Wildman–Crippen MR) is 70.7 cm³/mol. The van der Waals surface area contributed by atoms with Crippen LogP contribution in [0.2, 0.25) is 0 Å². The summed E-state index contributed by atoms with van der Waals surface area (Å²) in [4.78, 5) is 0.205. The molecular formula is C13H18N2O2S. The van der Waals surface area contributed by atoms with E-state index in [2.05, 4.69) is 5.32 Å². The van der Waals surface area contributed by atoms with Gasteiger partial charge in [-0.05, 0) is 49.7 Å². The molecule has 0 bridgehead atoms. The van der Waals surface area contributed by atoms with Crippen LogP contribution < -0.4 is 10.5 Å². The van der Waals surface area contributed by atoms with Crippen molar-refractivity contribution in [3.63, 3.8) is 0 Å². The second-order valence-electron chi connectivity index (χ2n) is 5.39. The minimum atomic E-state index is -3.65. The molecule has 0 radical (unpaired) electrons. The average Bonchev–Trinajstić information content (AvgIpc) is 3.16. The second-order valence-corrected chi connectivity index (χ2v) is 6.92. The Morgan fingerprint density at radius 2 is 1.67 bits per heavy atom. The lowest BCUT2D eigenvalue weighted by Crippen LogP contribution is -2.26. The molecule has 2 fully saturated rings. The molecule has 0 unspecified atom stereocenters. The molecule has 1 aromatic carbocycles. The first-order valence-corrected chi connectivity index (χ1v) is 7.99. The first kappa shape index (κ1) is 12.0. The van der Waals surface area contributed by atoms with E-state index in [-0.39, 0.29) is 4.90 Å². The molecule has 98 valence electrons. The van der Waals surface area contributed by atoms with Gasteiger partial charge in [-0.25, -0.2) is 13.6 Å². The zero-order chi connectivity index (χ0) is 12.8. The van der Waals surface area contributed by atoms with Crippen molar-refractivity contribution in [3.05, 3.63) is 24.3 Å². The molecule has 0 aromatic heterocycles. The average molecular weight is 266 g/mol. The summed E-state index contributed by atoms with van der Waals surface area (Å²) < 4.78 is 23.1. The molecule has 0 atom stereocenters. The number of sulfonamides is 1. The normalized spacial score (nSPS) is 20.1. The number of hydrogen-bond donors (Lipinski definition) is 2. The Morgan fingerprint density at radius 1 is 1.11 bits per heavy atom. The maximum Gasteiger partial charge on any atom is 0.240 e. The largest absolute Gasteiger partial charge is 0.381 e. The van der Waals surface area contributed by atoms with Crippen LogP contribution in [0.4, 0.5) is 5.69 Å². The highest BCUT2D eigenvalue weighted by Crippen LogP contribution is 2.46. The summed E-state index contributed by atoms with van der Waals surface area (Å²) in [6.45, 7) is 0. The molecule has 0 heterocycles. The topological polar surface area (TPSA) is 72.2 Å². The minimum Gasteiger partial charge on any atom is -0.381 e. The van der Waals surface area contributed by atoms with Gasteiger partial charge in [0.1, 0.15) is 4.90 Å². The zero-order valence-electron chi connectivity index (χ0n) is 10.2. The van der Waals surface area contributed by atoms with Crippen LogP contribution in [0.15, 0.2) is 29.2 Å². The van der Waals surface area contributed by atoms with Crippen molar-refractivity contribution < 1.29 is 8.42 Å². The van der Waals surface area contributed by atoms with E-state index in [0.717, 1.165) is 0 Å². The summed E-state index contributed by atoms with van der Waals surface area (Å²) in [5.41, 5.74) is 0.656.